The summed E-state index contributed by atoms with van der Waals surface area (Å²) in [6.45, 7) is -0.510. The summed E-state index contributed by atoms with van der Waals surface area (Å²) in [5.74, 6) is -0.236. The number of esters is 1. The summed E-state index contributed by atoms with van der Waals surface area (Å²) in [5, 5.41) is 40.4. The molecule has 3 aliphatic rings. The summed E-state index contributed by atoms with van der Waals surface area (Å²) >= 11 is 6.13. The summed E-state index contributed by atoms with van der Waals surface area (Å²) < 4.78 is 10.8. The van der Waals surface area contributed by atoms with E-state index < -0.39 is 43.1 Å². The number of methoxy groups -OCH3 is 1. The minimum atomic E-state index is -1.48. The Morgan fingerprint density at radius 2 is 1.74 bits per heavy atom. The van der Waals surface area contributed by atoms with E-state index >= 15 is 0 Å². The summed E-state index contributed by atoms with van der Waals surface area (Å²) in [7, 11) is 1.35. The van der Waals surface area contributed by atoms with Crippen LogP contribution in [0, 0.1) is 0 Å². The molecule has 0 bridgehead atoms. The van der Waals surface area contributed by atoms with E-state index in [2.05, 4.69) is 0 Å². The summed E-state index contributed by atoms with van der Waals surface area (Å²) in [5.41, 5.74) is 5.08. The lowest BCUT2D eigenvalue weighted by Crippen LogP contribution is -2.55. The van der Waals surface area contributed by atoms with Gasteiger partial charge in [0.15, 0.2) is 0 Å². The predicted molar refractivity (Wildman–Crippen MR) is 126 cm³/mol. The summed E-state index contributed by atoms with van der Waals surface area (Å²) in [4.78, 5) is 12.6. The number of halogens is 1. The third-order valence-electron chi connectivity index (χ3n) is 6.23. The average molecular weight is 487 g/mol. The van der Waals surface area contributed by atoms with Crippen molar-refractivity contribution in [3.05, 3.63) is 82.4 Å². The van der Waals surface area contributed by atoms with E-state index in [4.69, 9.17) is 21.1 Å². The SMILES string of the molecule is COC(=O)c1c(Cc2cc(CCl)cc([C@@H]3O[C@H](CO)[C@@H](O)[C@H](O)[C@H]3O)c2)cc2cccccc1-2. The van der Waals surface area contributed by atoms with Gasteiger partial charge in [0.2, 0.25) is 0 Å². The molecule has 4 N–H and O–H groups in total. The van der Waals surface area contributed by atoms with Crippen LogP contribution in [0.25, 0.3) is 11.1 Å². The maximum atomic E-state index is 12.6. The Kier molecular flexibility index (Phi) is 7.52. The molecule has 0 amide bonds. The number of carbonyl (C=O) groups excluding carboxylic acids is 1. The van der Waals surface area contributed by atoms with Crippen LogP contribution in [-0.4, -0.2) is 64.5 Å². The molecule has 0 spiro atoms. The Labute approximate surface area is 202 Å². The Balaban J connectivity index is 1.75. The molecule has 0 unspecified atom stereocenters. The number of ether oxygens (including phenoxy) is 2. The second-order valence-corrected chi connectivity index (χ2v) is 8.73. The molecular formula is C26H27ClO7. The average Bonchev–Trinajstić information content (AvgIpc) is 3.01. The first kappa shape index (κ1) is 24.6. The molecule has 1 aromatic carbocycles. The van der Waals surface area contributed by atoms with Crippen LogP contribution in [0.4, 0.5) is 0 Å². The molecule has 5 atom stereocenters. The van der Waals surface area contributed by atoms with Crippen molar-refractivity contribution in [2.24, 2.45) is 0 Å². The zero-order valence-electron chi connectivity index (χ0n) is 18.6. The number of benzene rings is 1. The first-order valence-electron chi connectivity index (χ1n) is 11.0. The van der Waals surface area contributed by atoms with Crippen LogP contribution in [0.5, 0.6) is 0 Å². The molecule has 1 heterocycles. The van der Waals surface area contributed by atoms with Gasteiger partial charge in [-0.2, -0.15) is 0 Å². The van der Waals surface area contributed by atoms with Gasteiger partial charge in [-0.3, -0.25) is 0 Å². The fourth-order valence-electron chi connectivity index (χ4n) is 4.56. The van der Waals surface area contributed by atoms with Crippen molar-refractivity contribution >= 4 is 17.6 Å². The Morgan fingerprint density at radius 3 is 2.44 bits per heavy atom. The van der Waals surface area contributed by atoms with Gasteiger partial charge in [-0.1, -0.05) is 48.5 Å². The van der Waals surface area contributed by atoms with Crippen LogP contribution >= 0.6 is 11.6 Å². The summed E-state index contributed by atoms with van der Waals surface area (Å²) in [6.07, 6.45) is -5.92. The van der Waals surface area contributed by atoms with Crippen LogP contribution in [0.2, 0.25) is 0 Å². The zero-order chi connectivity index (χ0) is 24.4. The highest BCUT2D eigenvalue weighted by Crippen LogP contribution is 2.36. The number of fused-ring (bicyclic) bond motifs is 1. The number of aliphatic hydroxyl groups is 4. The van der Waals surface area contributed by atoms with Crippen LogP contribution in [0.3, 0.4) is 0 Å². The number of aliphatic hydroxyl groups excluding tert-OH is 4. The highest BCUT2D eigenvalue weighted by atomic mass is 35.5. The zero-order valence-corrected chi connectivity index (χ0v) is 19.4. The monoisotopic (exact) mass is 486 g/mol. The smallest absolute Gasteiger partial charge is 0.338 e. The molecule has 1 saturated heterocycles. The third-order valence-corrected chi connectivity index (χ3v) is 6.53. The van der Waals surface area contributed by atoms with Gasteiger partial charge in [0.25, 0.3) is 0 Å². The fraction of sp³-hybridized carbons (Fsp3) is 0.346. The van der Waals surface area contributed by atoms with Crippen molar-refractivity contribution in [1.29, 1.82) is 0 Å². The van der Waals surface area contributed by atoms with Crippen molar-refractivity contribution in [1.82, 2.24) is 0 Å². The van der Waals surface area contributed by atoms with Crippen molar-refractivity contribution in [3.63, 3.8) is 0 Å². The lowest BCUT2D eigenvalue weighted by atomic mass is 9.89. The van der Waals surface area contributed by atoms with Crippen LogP contribution in [0.15, 0.2) is 54.6 Å². The molecule has 1 aliphatic heterocycles. The van der Waals surface area contributed by atoms with Gasteiger partial charge in [0.05, 0.1) is 19.3 Å². The van der Waals surface area contributed by atoms with E-state index in [0.29, 0.717) is 17.5 Å². The van der Waals surface area contributed by atoms with Gasteiger partial charge < -0.3 is 29.9 Å². The molecule has 34 heavy (non-hydrogen) atoms. The second kappa shape index (κ2) is 10.4. The van der Waals surface area contributed by atoms with Crippen molar-refractivity contribution in [2.75, 3.05) is 13.7 Å². The fourth-order valence-corrected chi connectivity index (χ4v) is 4.72. The van der Waals surface area contributed by atoms with E-state index in [1.807, 2.05) is 48.5 Å². The molecule has 8 heteroatoms. The second-order valence-electron chi connectivity index (χ2n) is 8.46. The largest absolute Gasteiger partial charge is 0.465 e. The normalized spacial score (nSPS) is 24.8. The number of hydrogen-bond acceptors (Lipinski definition) is 7. The Morgan fingerprint density at radius 1 is 1.00 bits per heavy atom. The van der Waals surface area contributed by atoms with Crippen molar-refractivity contribution in [3.8, 4) is 11.1 Å². The molecule has 4 rings (SSSR count). The number of alkyl halides is 1. The van der Waals surface area contributed by atoms with E-state index in [1.54, 1.807) is 6.07 Å². The quantitative estimate of drug-likeness (QED) is 0.312. The van der Waals surface area contributed by atoms with Crippen LogP contribution < -0.4 is 0 Å². The first-order chi connectivity index (χ1) is 16.4. The van der Waals surface area contributed by atoms with Crippen molar-refractivity contribution in [2.45, 2.75) is 42.8 Å². The first-order valence-corrected chi connectivity index (χ1v) is 11.5. The Hall–Kier alpha value is -2.52. The van der Waals surface area contributed by atoms with Gasteiger partial charge in [0, 0.05) is 5.88 Å². The molecule has 0 radical (unpaired) electrons. The molecule has 1 aromatic rings. The van der Waals surface area contributed by atoms with Gasteiger partial charge in [-0.15, -0.1) is 11.6 Å². The maximum Gasteiger partial charge on any atom is 0.338 e. The van der Waals surface area contributed by atoms with Gasteiger partial charge in [-0.25, -0.2) is 4.79 Å². The number of carbonyl (C=O) groups is 1. The lowest BCUT2D eigenvalue weighted by molar-refractivity contribution is -0.231. The number of rotatable bonds is 6. The van der Waals surface area contributed by atoms with Crippen LogP contribution in [0.1, 0.15) is 38.7 Å². The van der Waals surface area contributed by atoms with Crippen LogP contribution in [-0.2, 0) is 21.8 Å². The minimum Gasteiger partial charge on any atom is -0.465 e. The molecule has 0 saturated carbocycles. The molecule has 2 aliphatic carbocycles. The highest BCUT2D eigenvalue weighted by Gasteiger charge is 2.44. The Bertz CT molecular complexity index is 1130. The molecular weight excluding hydrogens is 460 g/mol. The molecule has 0 aromatic heterocycles. The molecule has 180 valence electrons. The predicted octanol–water partition coefficient (Wildman–Crippen LogP) is 2.42. The topological polar surface area (TPSA) is 116 Å². The highest BCUT2D eigenvalue weighted by molar-refractivity contribution is 6.17. The van der Waals surface area contributed by atoms with E-state index in [-0.39, 0.29) is 5.88 Å². The van der Waals surface area contributed by atoms with Gasteiger partial charge in [-0.05, 0) is 45.9 Å². The van der Waals surface area contributed by atoms with Gasteiger partial charge >= 0.3 is 5.97 Å². The van der Waals surface area contributed by atoms with Gasteiger partial charge in [0.1, 0.15) is 30.5 Å². The lowest BCUT2D eigenvalue weighted by Gasteiger charge is -2.40. The van der Waals surface area contributed by atoms with E-state index in [1.165, 1.54) is 7.11 Å². The standard InChI is InChI=1S/C26H27ClO7/c1-33-26(32)21-17(11-16-5-3-2-4-6-19(16)21)8-14-7-15(12-27)10-18(9-14)25-24(31)23(30)22(29)20(13-28)34-25/h2-7,9-11,20,22-25,28-31H,8,12-13H2,1H3/t20-,22-,23+,24-,25+/m1/s1. The minimum absolute atomic E-state index is 0.195. The number of hydrogen-bond donors (Lipinski definition) is 4. The molecule has 1 fully saturated rings. The summed E-state index contributed by atoms with van der Waals surface area (Å²) in [6, 6.07) is 16.9. The van der Waals surface area contributed by atoms with Crippen molar-refractivity contribution < 1.29 is 34.7 Å². The third kappa shape index (κ3) is 4.68. The molecule has 7 nitrogen and oxygen atoms in total. The maximum absolute atomic E-state index is 12.6. The van der Waals surface area contributed by atoms with E-state index in [9.17, 15) is 25.2 Å². The van der Waals surface area contributed by atoms with E-state index in [0.717, 1.165) is 27.8 Å².